The lowest BCUT2D eigenvalue weighted by Gasteiger charge is -2.40. The van der Waals surface area contributed by atoms with E-state index in [1.54, 1.807) is 19.2 Å². The van der Waals surface area contributed by atoms with Gasteiger partial charge >= 0.3 is 0 Å². The fourth-order valence-electron chi connectivity index (χ4n) is 1.97. The van der Waals surface area contributed by atoms with Gasteiger partial charge in [0.2, 0.25) is 0 Å². The smallest absolute Gasteiger partial charge is 0.273 e. The van der Waals surface area contributed by atoms with Crippen molar-refractivity contribution in [2.75, 3.05) is 20.3 Å². The number of halogens is 1. The molecule has 0 bridgehead atoms. The van der Waals surface area contributed by atoms with E-state index in [1.807, 2.05) is 0 Å². The molecule has 0 spiro atoms. The van der Waals surface area contributed by atoms with E-state index in [2.05, 4.69) is 0 Å². The SMILES string of the molecule is COCCOC1C(Cl)CC1Oc1cccc([N+](=O)[O-])c1. The molecule has 6 nitrogen and oxygen atoms in total. The van der Waals surface area contributed by atoms with E-state index in [9.17, 15) is 10.1 Å². The van der Waals surface area contributed by atoms with Crippen molar-refractivity contribution in [1.29, 1.82) is 0 Å². The van der Waals surface area contributed by atoms with Crippen molar-refractivity contribution in [3.8, 4) is 5.75 Å². The number of alkyl halides is 1. The second-order valence-electron chi connectivity index (χ2n) is 4.49. The number of nitro benzene ring substituents is 1. The second-order valence-corrected chi connectivity index (χ2v) is 5.05. The van der Waals surface area contributed by atoms with Crippen LogP contribution in [0.15, 0.2) is 24.3 Å². The van der Waals surface area contributed by atoms with Crippen LogP contribution in [0.4, 0.5) is 5.69 Å². The van der Waals surface area contributed by atoms with Gasteiger partial charge in [0, 0.05) is 19.6 Å². The van der Waals surface area contributed by atoms with E-state index in [-0.39, 0.29) is 23.3 Å². The topological polar surface area (TPSA) is 70.8 Å². The number of nitro groups is 1. The third kappa shape index (κ3) is 3.59. The molecule has 0 N–H and O–H groups in total. The third-order valence-corrected chi connectivity index (χ3v) is 3.52. The van der Waals surface area contributed by atoms with E-state index in [0.717, 1.165) is 0 Å². The van der Waals surface area contributed by atoms with Crippen molar-refractivity contribution in [2.24, 2.45) is 0 Å². The Kier molecular flexibility index (Phi) is 5.17. The Morgan fingerprint density at radius 3 is 2.90 bits per heavy atom. The van der Waals surface area contributed by atoms with Gasteiger partial charge in [-0.1, -0.05) is 6.07 Å². The molecule has 3 unspecified atom stereocenters. The van der Waals surface area contributed by atoms with Crippen LogP contribution in [0.1, 0.15) is 6.42 Å². The summed E-state index contributed by atoms with van der Waals surface area (Å²) in [5, 5.41) is 10.6. The summed E-state index contributed by atoms with van der Waals surface area (Å²) >= 11 is 6.08. The van der Waals surface area contributed by atoms with Crippen molar-refractivity contribution in [3.05, 3.63) is 34.4 Å². The van der Waals surface area contributed by atoms with Crippen LogP contribution in [0.25, 0.3) is 0 Å². The number of hydrogen-bond donors (Lipinski definition) is 0. The summed E-state index contributed by atoms with van der Waals surface area (Å²) in [6.45, 7) is 0.933. The first-order valence-electron chi connectivity index (χ1n) is 6.27. The lowest BCUT2D eigenvalue weighted by atomic mass is 9.91. The standard InChI is InChI=1S/C13H16ClNO5/c1-18-5-6-19-13-11(14)8-12(13)20-10-4-2-3-9(7-10)15(16)17/h2-4,7,11-13H,5-6,8H2,1H3. The van der Waals surface area contributed by atoms with Crippen LogP contribution in [0.2, 0.25) is 0 Å². The quantitative estimate of drug-likeness (QED) is 0.335. The maximum atomic E-state index is 10.7. The summed E-state index contributed by atoms with van der Waals surface area (Å²) in [5.41, 5.74) is 0.00102. The molecule has 1 aliphatic carbocycles. The van der Waals surface area contributed by atoms with Gasteiger partial charge in [-0.25, -0.2) is 0 Å². The lowest BCUT2D eigenvalue weighted by molar-refractivity contribution is -0.385. The van der Waals surface area contributed by atoms with Gasteiger partial charge in [0.15, 0.2) is 0 Å². The summed E-state index contributed by atoms with van der Waals surface area (Å²) in [5.74, 6) is 0.452. The maximum absolute atomic E-state index is 10.7. The molecule has 1 saturated carbocycles. The molecule has 110 valence electrons. The third-order valence-electron chi connectivity index (χ3n) is 3.09. The first-order chi connectivity index (χ1) is 9.61. The zero-order chi connectivity index (χ0) is 14.5. The number of rotatable bonds is 7. The van der Waals surface area contributed by atoms with Crippen LogP contribution < -0.4 is 4.74 Å². The molecule has 0 saturated heterocycles. The van der Waals surface area contributed by atoms with Gasteiger partial charge in [0.1, 0.15) is 18.0 Å². The fraction of sp³-hybridized carbons (Fsp3) is 0.538. The highest BCUT2D eigenvalue weighted by Gasteiger charge is 2.42. The van der Waals surface area contributed by atoms with Gasteiger partial charge in [-0.15, -0.1) is 11.6 Å². The van der Waals surface area contributed by atoms with Crippen molar-refractivity contribution in [1.82, 2.24) is 0 Å². The zero-order valence-electron chi connectivity index (χ0n) is 11.0. The predicted octanol–water partition coefficient (Wildman–Crippen LogP) is 2.38. The van der Waals surface area contributed by atoms with Crippen molar-refractivity contribution >= 4 is 17.3 Å². The summed E-state index contributed by atoms with van der Waals surface area (Å²) in [6.07, 6.45) is 0.254. The van der Waals surface area contributed by atoms with Crippen molar-refractivity contribution in [2.45, 2.75) is 24.0 Å². The minimum absolute atomic E-state index is 0.00102. The molecule has 0 aliphatic heterocycles. The molecule has 0 amide bonds. The minimum Gasteiger partial charge on any atom is -0.487 e. The monoisotopic (exact) mass is 301 g/mol. The highest BCUT2D eigenvalue weighted by Crippen LogP contribution is 2.33. The van der Waals surface area contributed by atoms with Gasteiger partial charge in [-0.2, -0.15) is 0 Å². The number of benzene rings is 1. The molecule has 1 aliphatic rings. The summed E-state index contributed by atoms with van der Waals surface area (Å²) in [4.78, 5) is 10.2. The minimum atomic E-state index is -0.454. The Balaban J connectivity index is 1.92. The summed E-state index contributed by atoms with van der Waals surface area (Å²) < 4.78 is 16.2. The van der Waals surface area contributed by atoms with Gasteiger partial charge in [-0.05, 0) is 6.07 Å². The molecule has 7 heteroatoms. The molecule has 0 aromatic heterocycles. The molecule has 0 heterocycles. The molecular weight excluding hydrogens is 286 g/mol. The zero-order valence-corrected chi connectivity index (χ0v) is 11.8. The number of hydrogen-bond acceptors (Lipinski definition) is 5. The van der Waals surface area contributed by atoms with Crippen LogP contribution in [0, 0.1) is 10.1 Å². The Labute approximate surface area is 121 Å². The van der Waals surface area contributed by atoms with Crippen LogP contribution in [-0.2, 0) is 9.47 Å². The van der Waals surface area contributed by atoms with Gasteiger partial charge in [-0.3, -0.25) is 10.1 Å². The number of ether oxygens (including phenoxy) is 3. The first-order valence-corrected chi connectivity index (χ1v) is 6.71. The maximum Gasteiger partial charge on any atom is 0.273 e. The highest BCUT2D eigenvalue weighted by atomic mass is 35.5. The summed E-state index contributed by atoms with van der Waals surface area (Å²) in [6, 6.07) is 6.09. The summed E-state index contributed by atoms with van der Waals surface area (Å²) in [7, 11) is 1.60. The molecule has 3 atom stereocenters. The predicted molar refractivity (Wildman–Crippen MR) is 73.4 cm³/mol. The average Bonchev–Trinajstić information content (AvgIpc) is 2.43. The largest absolute Gasteiger partial charge is 0.487 e. The van der Waals surface area contributed by atoms with E-state index < -0.39 is 4.92 Å². The molecule has 1 fully saturated rings. The van der Waals surface area contributed by atoms with E-state index in [4.69, 9.17) is 25.8 Å². The number of methoxy groups -OCH3 is 1. The second kappa shape index (κ2) is 6.88. The molecule has 1 aromatic carbocycles. The molecule has 1 aromatic rings. The van der Waals surface area contributed by atoms with Gasteiger partial charge in [0.25, 0.3) is 5.69 Å². The Morgan fingerprint density at radius 1 is 1.45 bits per heavy atom. The lowest BCUT2D eigenvalue weighted by Crippen LogP contribution is -2.53. The van der Waals surface area contributed by atoms with Gasteiger partial charge < -0.3 is 14.2 Å². The van der Waals surface area contributed by atoms with E-state index in [1.165, 1.54) is 12.1 Å². The normalized spacial score (nSPS) is 25.0. The number of non-ortho nitro benzene ring substituents is 1. The Hall–Kier alpha value is -1.37. The van der Waals surface area contributed by atoms with Gasteiger partial charge in [0.05, 0.1) is 29.6 Å². The number of nitrogens with zero attached hydrogens (tertiary/aromatic N) is 1. The van der Waals surface area contributed by atoms with Crippen LogP contribution in [-0.4, -0.2) is 42.8 Å². The Morgan fingerprint density at radius 2 is 2.25 bits per heavy atom. The first kappa shape index (κ1) is 15.0. The van der Waals surface area contributed by atoms with Crippen LogP contribution in [0.3, 0.4) is 0 Å². The average molecular weight is 302 g/mol. The fourth-order valence-corrected chi connectivity index (χ4v) is 2.38. The van der Waals surface area contributed by atoms with E-state index >= 15 is 0 Å². The molecule has 2 rings (SSSR count). The molecule has 0 radical (unpaired) electrons. The van der Waals surface area contributed by atoms with Crippen molar-refractivity contribution in [3.63, 3.8) is 0 Å². The van der Waals surface area contributed by atoms with Crippen LogP contribution in [0.5, 0.6) is 5.75 Å². The highest BCUT2D eigenvalue weighted by molar-refractivity contribution is 6.21. The van der Waals surface area contributed by atoms with E-state index in [0.29, 0.717) is 25.4 Å². The van der Waals surface area contributed by atoms with Crippen molar-refractivity contribution < 1.29 is 19.1 Å². The van der Waals surface area contributed by atoms with Crippen LogP contribution >= 0.6 is 11.6 Å². The Bertz CT molecular complexity index is 470. The molecular formula is C13H16ClNO5. The molecule has 20 heavy (non-hydrogen) atoms.